The fraction of sp³-hybridized carbons (Fsp3) is 1.00. The summed E-state index contributed by atoms with van der Waals surface area (Å²) in [7, 11) is 0. The average molecular weight is 242 g/mol. The Morgan fingerprint density at radius 1 is 0.647 bits per heavy atom. The van der Waals surface area contributed by atoms with E-state index in [1.54, 1.807) is 0 Å². The molecule has 0 radical (unpaired) electrons. The van der Waals surface area contributed by atoms with Crippen LogP contribution in [0.3, 0.4) is 0 Å². The molecule has 0 heterocycles. The van der Waals surface area contributed by atoms with E-state index in [1.807, 2.05) is 6.92 Å². The average Bonchev–Trinajstić information content (AvgIpc) is 2.28. The van der Waals surface area contributed by atoms with E-state index in [4.69, 9.17) is 0 Å². The molecule has 0 fully saturated rings. The fourth-order valence-electron chi connectivity index (χ4n) is 2.34. The molecule has 0 aliphatic heterocycles. The molecular weight excluding hydrogens is 208 g/mol. The summed E-state index contributed by atoms with van der Waals surface area (Å²) >= 11 is 0. The Bertz CT molecular complexity index is 136. The molecule has 17 heavy (non-hydrogen) atoms. The van der Waals surface area contributed by atoms with Crippen LogP contribution in [0.15, 0.2) is 0 Å². The van der Waals surface area contributed by atoms with Gasteiger partial charge in [0.1, 0.15) is 0 Å². The van der Waals surface area contributed by atoms with Crippen molar-refractivity contribution in [1.82, 2.24) is 0 Å². The van der Waals surface area contributed by atoms with E-state index in [2.05, 4.69) is 13.8 Å². The van der Waals surface area contributed by atoms with Crippen LogP contribution in [0.25, 0.3) is 0 Å². The van der Waals surface area contributed by atoms with Crippen molar-refractivity contribution in [2.24, 2.45) is 0 Å². The number of rotatable bonds is 12. The summed E-state index contributed by atoms with van der Waals surface area (Å²) in [6.07, 6.45) is 14.9. The van der Waals surface area contributed by atoms with E-state index in [0.717, 1.165) is 12.8 Å². The second-order valence-electron chi connectivity index (χ2n) is 5.83. The summed E-state index contributed by atoms with van der Waals surface area (Å²) in [5.41, 5.74) is -0.404. The first-order valence-electron chi connectivity index (χ1n) is 7.84. The van der Waals surface area contributed by atoms with Crippen molar-refractivity contribution in [2.75, 3.05) is 0 Å². The van der Waals surface area contributed by atoms with E-state index in [9.17, 15) is 5.11 Å². The molecule has 0 aromatic carbocycles. The highest BCUT2D eigenvalue weighted by Gasteiger charge is 2.18. The van der Waals surface area contributed by atoms with Crippen molar-refractivity contribution in [2.45, 2.75) is 103 Å². The maximum absolute atomic E-state index is 10.2. The minimum absolute atomic E-state index is 0.404. The van der Waals surface area contributed by atoms with Gasteiger partial charge < -0.3 is 5.11 Å². The molecule has 1 N–H and O–H groups in total. The van der Waals surface area contributed by atoms with Gasteiger partial charge in [-0.25, -0.2) is 0 Å². The first-order chi connectivity index (χ1) is 8.12. The van der Waals surface area contributed by atoms with Gasteiger partial charge in [-0.15, -0.1) is 0 Å². The SMILES string of the molecule is CCCCCCCC(C)(O)CCCCCCC. The molecule has 104 valence electrons. The maximum Gasteiger partial charge on any atom is 0.0619 e. The lowest BCUT2D eigenvalue weighted by atomic mass is 9.91. The summed E-state index contributed by atoms with van der Waals surface area (Å²) in [5, 5.41) is 10.2. The van der Waals surface area contributed by atoms with E-state index in [0.29, 0.717) is 0 Å². The molecule has 0 aromatic rings. The van der Waals surface area contributed by atoms with Gasteiger partial charge in [0.15, 0.2) is 0 Å². The Hall–Kier alpha value is -0.0400. The lowest BCUT2D eigenvalue weighted by molar-refractivity contribution is 0.0366. The minimum Gasteiger partial charge on any atom is -0.390 e. The molecule has 0 amide bonds. The van der Waals surface area contributed by atoms with Crippen LogP contribution < -0.4 is 0 Å². The van der Waals surface area contributed by atoms with Crippen LogP contribution in [0.5, 0.6) is 0 Å². The maximum atomic E-state index is 10.2. The zero-order valence-corrected chi connectivity index (χ0v) is 12.4. The van der Waals surface area contributed by atoms with Crippen LogP contribution in [-0.2, 0) is 0 Å². The number of unbranched alkanes of at least 4 members (excludes halogenated alkanes) is 8. The Labute approximate surface area is 109 Å². The van der Waals surface area contributed by atoms with Gasteiger partial charge in [-0.05, 0) is 19.8 Å². The van der Waals surface area contributed by atoms with Gasteiger partial charge >= 0.3 is 0 Å². The predicted molar refractivity (Wildman–Crippen MR) is 77.4 cm³/mol. The highest BCUT2D eigenvalue weighted by atomic mass is 16.3. The Morgan fingerprint density at radius 3 is 1.35 bits per heavy atom. The molecule has 0 aliphatic carbocycles. The molecule has 0 bridgehead atoms. The van der Waals surface area contributed by atoms with E-state index < -0.39 is 5.60 Å². The molecule has 0 rings (SSSR count). The van der Waals surface area contributed by atoms with E-state index in [-0.39, 0.29) is 0 Å². The second kappa shape index (κ2) is 11.1. The smallest absolute Gasteiger partial charge is 0.0619 e. The van der Waals surface area contributed by atoms with Gasteiger partial charge in [-0.3, -0.25) is 0 Å². The summed E-state index contributed by atoms with van der Waals surface area (Å²) in [6.45, 7) is 6.51. The minimum atomic E-state index is -0.404. The largest absolute Gasteiger partial charge is 0.390 e. The molecule has 0 aromatic heterocycles. The standard InChI is InChI=1S/C16H34O/c1-4-6-8-10-12-14-16(3,17)15-13-11-9-7-5-2/h17H,4-15H2,1-3H3. The van der Waals surface area contributed by atoms with Gasteiger partial charge in [-0.1, -0.05) is 78.1 Å². The lowest BCUT2D eigenvalue weighted by Gasteiger charge is -2.23. The first kappa shape index (κ1) is 17.0. The van der Waals surface area contributed by atoms with E-state index in [1.165, 1.54) is 64.2 Å². The lowest BCUT2D eigenvalue weighted by Crippen LogP contribution is -2.23. The molecule has 0 spiro atoms. The van der Waals surface area contributed by atoms with Crippen LogP contribution in [0.2, 0.25) is 0 Å². The third-order valence-corrected chi connectivity index (χ3v) is 3.64. The molecule has 0 unspecified atom stereocenters. The number of aliphatic hydroxyl groups is 1. The molecule has 0 atom stereocenters. The van der Waals surface area contributed by atoms with Crippen LogP contribution in [0.1, 0.15) is 97.8 Å². The highest BCUT2D eigenvalue weighted by Crippen LogP contribution is 2.22. The van der Waals surface area contributed by atoms with Crippen LogP contribution >= 0.6 is 0 Å². The van der Waals surface area contributed by atoms with Crippen molar-refractivity contribution in [3.05, 3.63) is 0 Å². The topological polar surface area (TPSA) is 20.2 Å². The Kier molecular flexibility index (Phi) is 11.0. The zero-order chi connectivity index (χ0) is 13.0. The molecule has 0 saturated carbocycles. The van der Waals surface area contributed by atoms with Crippen molar-refractivity contribution in [3.8, 4) is 0 Å². The van der Waals surface area contributed by atoms with Crippen molar-refractivity contribution in [3.63, 3.8) is 0 Å². The van der Waals surface area contributed by atoms with Gasteiger partial charge in [0.25, 0.3) is 0 Å². The first-order valence-corrected chi connectivity index (χ1v) is 7.84. The third-order valence-electron chi connectivity index (χ3n) is 3.64. The third kappa shape index (κ3) is 12.2. The predicted octanol–water partition coefficient (Wildman–Crippen LogP) is 5.46. The normalized spacial score (nSPS) is 12.0. The molecular formula is C16H34O. The molecule has 0 saturated heterocycles. The second-order valence-corrected chi connectivity index (χ2v) is 5.83. The van der Waals surface area contributed by atoms with Crippen LogP contribution in [0.4, 0.5) is 0 Å². The summed E-state index contributed by atoms with van der Waals surface area (Å²) < 4.78 is 0. The summed E-state index contributed by atoms with van der Waals surface area (Å²) in [4.78, 5) is 0. The number of hydrogen-bond acceptors (Lipinski definition) is 1. The summed E-state index contributed by atoms with van der Waals surface area (Å²) in [5.74, 6) is 0. The van der Waals surface area contributed by atoms with Gasteiger partial charge in [0, 0.05) is 0 Å². The molecule has 1 heteroatoms. The Morgan fingerprint density at radius 2 is 1.00 bits per heavy atom. The molecule has 1 nitrogen and oxygen atoms in total. The van der Waals surface area contributed by atoms with Crippen LogP contribution in [0, 0.1) is 0 Å². The van der Waals surface area contributed by atoms with Crippen molar-refractivity contribution >= 4 is 0 Å². The Balaban J connectivity index is 3.38. The zero-order valence-electron chi connectivity index (χ0n) is 12.4. The monoisotopic (exact) mass is 242 g/mol. The van der Waals surface area contributed by atoms with Gasteiger partial charge in [-0.2, -0.15) is 0 Å². The van der Waals surface area contributed by atoms with Crippen molar-refractivity contribution in [1.29, 1.82) is 0 Å². The molecule has 0 aliphatic rings. The van der Waals surface area contributed by atoms with Gasteiger partial charge in [0.05, 0.1) is 5.60 Å². The van der Waals surface area contributed by atoms with Crippen LogP contribution in [-0.4, -0.2) is 10.7 Å². The quantitative estimate of drug-likeness (QED) is 0.451. The highest BCUT2D eigenvalue weighted by molar-refractivity contribution is 4.72. The van der Waals surface area contributed by atoms with E-state index >= 15 is 0 Å². The fourth-order valence-corrected chi connectivity index (χ4v) is 2.34. The van der Waals surface area contributed by atoms with Crippen molar-refractivity contribution < 1.29 is 5.11 Å². The summed E-state index contributed by atoms with van der Waals surface area (Å²) in [6, 6.07) is 0. The number of hydrogen-bond donors (Lipinski definition) is 1. The van der Waals surface area contributed by atoms with Gasteiger partial charge in [0.2, 0.25) is 0 Å².